The van der Waals surface area contributed by atoms with Crippen LogP contribution in [0.4, 0.5) is 0 Å². The molecule has 2 aromatic rings. The molecule has 0 saturated carbocycles. The Balaban J connectivity index is 2.15. The van der Waals surface area contributed by atoms with Gasteiger partial charge >= 0.3 is 5.63 Å². The van der Waals surface area contributed by atoms with Crippen molar-refractivity contribution in [3.05, 3.63) is 63.5 Å². The molecule has 0 radical (unpaired) electrons. The van der Waals surface area contributed by atoms with E-state index in [1.807, 2.05) is 32.9 Å². The van der Waals surface area contributed by atoms with Crippen molar-refractivity contribution in [1.29, 1.82) is 0 Å². The van der Waals surface area contributed by atoms with Gasteiger partial charge in [0, 0.05) is 0 Å². The highest BCUT2D eigenvalue weighted by Gasteiger charge is 2.08. The van der Waals surface area contributed by atoms with Gasteiger partial charge in [0.25, 0.3) is 0 Å². The number of fused-ring (bicyclic) bond motifs is 1. The molecule has 0 aliphatic rings. The van der Waals surface area contributed by atoms with Gasteiger partial charge in [-0.05, 0) is 56.9 Å². The molecular weight excluding hydrogens is 304 g/mol. The van der Waals surface area contributed by atoms with E-state index in [0.717, 1.165) is 23.7 Å². The first-order valence-corrected chi connectivity index (χ1v) is 7.95. The number of hydrogen-bond donors (Lipinski definition) is 0. The third-order valence-corrected chi connectivity index (χ3v) is 3.66. The smallest absolute Gasteiger partial charge is 0.339 e. The molecule has 0 N–H and O–H groups in total. The molecule has 126 valence electrons. The van der Waals surface area contributed by atoms with Gasteiger partial charge in [0.05, 0.1) is 11.5 Å². The van der Waals surface area contributed by atoms with Gasteiger partial charge in [-0.3, -0.25) is 4.79 Å². The maximum absolute atomic E-state index is 11.6. The van der Waals surface area contributed by atoms with Crippen molar-refractivity contribution in [3.63, 3.8) is 0 Å². The van der Waals surface area contributed by atoms with Gasteiger partial charge in [-0.1, -0.05) is 23.8 Å². The second-order valence-electron chi connectivity index (χ2n) is 5.91. The zero-order valence-electron chi connectivity index (χ0n) is 14.3. The molecule has 1 aromatic heterocycles. The number of ether oxygens (including phenoxy) is 1. The lowest BCUT2D eigenvalue weighted by molar-refractivity contribution is -0.105. The largest absolute Gasteiger partial charge is 0.488 e. The first-order chi connectivity index (χ1) is 11.5. The molecule has 0 spiro atoms. The molecule has 0 aliphatic heterocycles. The number of hydrogen-bond acceptors (Lipinski definition) is 4. The maximum Gasteiger partial charge on any atom is 0.339 e. The minimum atomic E-state index is -0.453. The van der Waals surface area contributed by atoms with Crippen molar-refractivity contribution in [2.24, 2.45) is 0 Å². The van der Waals surface area contributed by atoms with Crippen LogP contribution in [0.2, 0.25) is 0 Å². The van der Waals surface area contributed by atoms with Crippen molar-refractivity contribution in [1.82, 2.24) is 0 Å². The van der Waals surface area contributed by atoms with Gasteiger partial charge < -0.3 is 9.15 Å². The summed E-state index contributed by atoms with van der Waals surface area (Å²) in [5, 5.41) is 0.780. The van der Waals surface area contributed by atoms with Crippen LogP contribution in [0.25, 0.3) is 11.0 Å². The normalized spacial score (nSPS) is 11.4. The summed E-state index contributed by atoms with van der Waals surface area (Å²) < 4.78 is 10.9. The highest BCUT2D eigenvalue weighted by Crippen LogP contribution is 2.27. The number of carbonyl (C=O) groups excluding carboxylic acids is 1. The standard InChI is InChI=1S/C20H22O4/c1-14(2)6-4-8-16(13-21)10-11-23-18-12-19(22)24-17-9-5-7-15(3)20(17)18/h5-7,9-10,12-13H,4,8,11H2,1-3H3. The predicted octanol–water partition coefficient (Wildman–Crippen LogP) is 4.35. The molecule has 0 fully saturated rings. The minimum Gasteiger partial charge on any atom is -0.488 e. The summed E-state index contributed by atoms with van der Waals surface area (Å²) in [4.78, 5) is 22.8. The quantitative estimate of drug-likeness (QED) is 0.328. The first-order valence-electron chi connectivity index (χ1n) is 7.95. The molecule has 0 unspecified atom stereocenters. The van der Waals surface area contributed by atoms with E-state index in [-0.39, 0.29) is 6.61 Å². The molecular formula is C20H22O4. The second-order valence-corrected chi connectivity index (χ2v) is 5.91. The van der Waals surface area contributed by atoms with Crippen LogP contribution < -0.4 is 10.4 Å². The third-order valence-electron chi connectivity index (χ3n) is 3.66. The molecule has 0 bridgehead atoms. The van der Waals surface area contributed by atoms with Gasteiger partial charge in [0.15, 0.2) is 0 Å². The average Bonchev–Trinajstić information content (AvgIpc) is 2.52. The van der Waals surface area contributed by atoms with E-state index in [0.29, 0.717) is 23.3 Å². The molecule has 0 saturated heterocycles. The Morgan fingerprint density at radius 2 is 2.04 bits per heavy atom. The first kappa shape index (κ1) is 17.7. The Kier molecular flexibility index (Phi) is 6.13. The number of aldehydes is 1. The number of aryl methyl sites for hydroxylation is 1. The lowest BCUT2D eigenvalue weighted by atomic mass is 10.1. The van der Waals surface area contributed by atoms with Crippen molar-refractivity contribution in [2.45, 2.75) is 33.6 Å². The van der Waals surface area contributed by atoms with Crippen LogP contribution in [-0.4, -0.2) is 12.9 Å². The fourth-order valence-corrected chi connectivity index (χ4v) is 2.45. The molecule has 0 aliphatic carbocycles. The van der Waals surface area contributed by atoms with Crippen LogP contribution in [0.5, 0.6) is 5.75 Å². The van der Waals surface area contributed by atoms with Crippen LogP contribution in [0, 0.1) is 6.92 Å². The van der Waals surface area contributed by atoms with Crippen LogP contribution in [0.15, 0.2) is 56.8 Å². The Hall–Kier alpha value is -2.62. The SMILES string of the molecule is CC(C)=CCCC(C=O)=CCOc1cc(=O)oc2cccc(C)c12. The fraction of sp³-hybridized carbons (Fsp3) is 0.300. The van der Waals surface area contributed by atoms with Gasteiger partial charge in [-0.25, -0.2) is 4.79 Å². The Bertz CT molecular complexity index is 836. The van der Waals surface area contributed by atoms with Crippen molar-refractivity contribution in [2.75, 3.05) is 6.61 Å². The second kappa shape index (κ2) is 8.29. The van der Waals surface area contributed by atoms with Gasteiger partial charge in [-0.2, -0.15) is 0 Å². The Morgan fingerprint density at radius 3 is 2.75 bits per heavy atom. The van der Waals surface area contributed by atoms with Crippen molar-refractivity contribution >= 4 is 17.3 Å². The summed E-state index contributed by atoms with van der Waals surface area (Å²) >= 11 is 0. The Morgan fingerprint density at radius 1 is 1.25 bits per heavy atom. The minimum absolute atomic E-state index is 0.232. The molecule has 0 amide bonds. The van der Waals surface area contributed by atoms with E-state index in [1.54, 1.807) is 12.1 Å². The van der Waals surface area contributed by atoms with E-state index < -0.39 is 5.63 Å². The number of rotatable bonds is 7. The van der Waals surface area contributed by atoms with Gasteiger partial charge in [0.2, 0.25) is 0 Å². The fourth-order valence-electron chi connectivity index (χ4n) is 2.45. The summed E-state index contributed by atoms with van der Waals surface area (Å²) in [7, 11) is 0. The summed E-state index contributed by atoms with van der Waals surface area (Å²) in [5.41, 5.74) is 2.94. The summed E-state index contributed by atoms with van der Waals surface area (Å²) in [6.45, 7) is 6.22. The zero-order chi connectivity index (χ0) is 17.5. The van der Waals surface area contributed by atoms with E-state index in [9.17, 15) is 9.59 Å². The van der Waals surface area contributed by atoms with E-state index in [2.05, 4.69) is 6.08 Å². The van der Waals surface area contributed by atoms with Crippen LogP contribution in [0.1, 0.15) is 32.3 Å². The van der Waals surface area contributed by atoms with Crippen LogP contribution in [-0.2, 0) is 4.79 Å². The third kappa shape index (κ3) is 4.69. The highest BCUT2D eigenvalue weighted by molar-refractivity contribution is 5.86. The zero-order valence-corrected chi connectivity index (χ0v) is 14.3. The van der Waals surface area contributed by atoms with Crippen LogP contribution in [0.3, 0.4) is 0 Å². The van der Waals surface area contributed by atoms with E-state index in [1.165, 1.54) is 11.6 Å². The maximum atomic E-state index is 11.6. The molecule has 1 aromatic carbocycles. The van der Waals surface area contributed by atoms with Crippen LogP contribution >= 0.6 is 0 Å². The van der Waals surface area contributed by atoms with Crippen molar-refractivity contribution in [3.8, 4) is 5.75 Å². The van der Waals surface area contributed by atoms with Crippen molar-refractivity contribution < 1.29 is 13.9 Å². The summed E-state index contributed by atoms with van der Waals surface area (Å²) in [5.74, 6) is 0.477. The average molecular weight is 326 g/mol. The Labute approximate surface area is 141 Å². The summed E-state index contributed by atoms with van der Waals surface area (Å²) in [6, 6.07) is 6.84. The predicted molar refractivity (Wildman–Crippen MR) is 95.5 cm³/mol. The molecule has 24 heavy (non-hydrogen) atoms. The molecule has 0 atom stereocenters. The number of benzene rings is 1. The number of allylic oxidation sites excluding steroid dienone is 3. The van der Waals surface area contributed by atoms with E-state index in [4.69, 9.17) is 9.15 Å². The molecule has 2 rings (SSSR count). The molecule has 4 nitrogen and oxygen atoms in total. The monoisotopic (exact) mass is 326 g/mol. The summed E-state index contributed by atoms with van der Waals surface area (Å²) in [6.07, 6.45) is 6.20. The lowest BCUT2D eigenvalue weighted by Crippen LogP contribution is -2.03. The topological polar surface area (TPSA) is 56.5 Å². The van der Waals surface area contributed by atoms with E-state index >= 15 is 0 Å². The highest BCUT2D eigenvalue weighted by atomic mass is 16.5. The molecule has 1 heterocycles. The number of carbonyl (C=O) groups is 1. The van der Waals surface area contributed by atoms with Gasteiger partial charge in [-0.15, -0.1) is 0 Å². The van der Waals surface area contributed by atoms with Gasteiger partial charge in [0.1, 0.15) is 24.2 Å². The lowest BCUT2D eigenvalue weighted by Gasteiger charge is -2.08. The molecule has 4 heteroatoms.